The summed E-state index contributed by atoms with van der Waals surface area (Å²) < 4.78 is 2.03. The van der Waals surface area contributed by atoms with Crippen molar-refractivity contribution >= 4 is 11.9 Å². The highest BCUT2D eigenvalue weighted by Gasteiger charge is 2.36. The van der Waals surface area contributed by atoms with E-state index in [1.165, 1.54) is 10.5 Å². The highest BCUT2D eigenvalue weighted by atomic mass is 16.4. The third-order valence-corrected chi connectivity index (χ3v) is 5.40. The zero-order chi connectivity index (χ0) is 20.2. The van der Waals surface area contributed by atoms with E-state index in [-0.39, 0.29) is 25.3 Å². The van der Waals surface area contributed by atoms with Crippen LogP contribution in [0.1, 0.15) is 22.5 Å². The van der Waals surface area contributed by atoms with Gasteiger partial charge in [0.05, 0.1) is 25.0 Å². The van der Waals surface area contributed by atoms with Crippen molar-refractivity contribution in [1.82, 2.24) is 14.5 Å². The van der Waals surface area contributed by atoms with Gasteiger partial charge in [-0.25, -0.2) is 9.78 Å². The number of hydrogen-bond acceptors (Lipinski definition) is 3. The van der Waals surface area contributed by atoms with Crippen molar-refractivity contribution < 1.29 is 14.7 Å². The van der Waals surface area contributed by atoms with Crippen LogP contribution in [0.4, 0.5) is 0 Å². The van der Waals surface area contributed by atoms with E-state index in [4.69, 9.17) is 0 Å². The number of carbonyl (C=O) groups excluding carboxylic acids is 1. The number of imidazole rings is 1. The largest absolute Gasteiger partial charge is 0.480 e. The third-order valence-electron chi connectivity index (χ3n) is 5.40. The van der Waals surface area contributed by atoms with E-state index in [0.717, 1.165) is 29.9 Å². The summed E-state index contributed by atoms with van der Waals surface area (Å²) in [4.78, 5) is 30.7. The lowest BCUT2D eigenvalue weighted by Gasteiger charge is -2.33. The lowest BCUT2D eigenvalue weighted by molar-refractivity contribution is -0.151. The molecule has 1 aromatic heterocycles. The predicted octanol–water partition coefficient (Wildman–Crippen LogP) is 2.71. The first-order chi connectivity index (χ1) is 14.1. The molecule has 29 heavy (non-hydrogen) atoms. The summed E-state index contributed by atoms with van der Waals surface area (Å²) in [6, 6.07) is 18.7. The second kappa shape index (κ2) is 8.31. The number of carboxylic acid groups (broad SMARTS) is 1. The molecule has 0 saturated heterocycles. The van der Waals surface area contributed by atoms with Crippen LogP contribution in [0, 0.1) is 0 Å². The summed E-state index contributed by atoms with van der Waals surface area (Å²) in [6.45, 7) is 0.965. The van der Waals surface area contributed by atoms with E-state index in [2.05, 4.69) is 17.1 Å². The number of amides is 1. The molecule has 0 aliphatic carbocycles. The summed E-state index contributed by atoms with van der Waals surface area (Å²) in [6.07, 6.45) is 3.07. The maximum atomic E-state index is 12.8. The molecule has 0 spiro atoms. The van der Waals surface area contributed by atoms with E-state index in [9.17, 15) is 14.7 Å². The molecule has 6 nitrogen and oxygen atoms in total. The van der Waals surface area contributed by atoms with Crippen molar-refractivity contribution in [2.24, 2.45) is 0 Å². The first-order valence-corrected chi connectivity index (χ1v) is 9.75. The Kier molecular flexibility index (Phi) is 5.42. The van der Waals surface area contributed by atoms with Gasteiger partial charge >= 0.3 is 5.97 Å². The number of fused-ring (bicyclic) bond motifs is 1. The van der Waals surface area contributed by atoms with Crippen LogP contribution in [0.5, 0.6) is 0 Å². The van der Waals surface area contributed by atoms with Gasteiger partial charge in [0, 0.05) is 18.7 Å². The standard InChI is InChI=1S/C23H23N3O3/c27-22(13-18-9-5-2-6-10-18)26-15-19-20(14-21(26)23(28)29)25(16-24-19)12-11-17-7-3-1-4-8-17/h1-10,16,21H,11-15H2,(H,28,29). The molecule has 1 unspecified atom stereocenters. The molecule has 0 fully saturated rings. The van der Waals surface area contributed by atoms with Crippen molar-refractivity contribution in [3.8, 4) is 0 Å². The predicted molar refractivity (Wildman–Crippen MR) is 108 cm³/mol. The van der Waals surface area contributed by atoms with Gasteiger partial charge < -0.3 is 14.6 Å². The molecule has 148 valence electrons. The molecule has 2 aromatic carbocycles. The van der Waals surface area contributed by atoms with Crippen molar-refractivity contribution in [2.45, 2.75) is 38.4 Å². The Morgan fingerprint density at radius 1 is 1.00 bits per heavy atom. The van der Waals surface area contributed by atoms with Gasteiger partial charge in [-0.15, -0.1) is 0 Å². The number of nitrogens with zero attached hydrogens (tertiary/aromatic N) is 3. The maximum Gasteiger partial charge on any atom is 0.326 e. The summed E-state index contributed by atoms with van der Waals surface area (Å²) in [5, 5.41) is 9.76. The second-order valence-electron chi connectivity index (χ2n) is 7.31. The molecule has 2 heterocycles. The van der Waals surface area contributed by atoms with Crippen LogP contribution in [-0.2, 0) is 41.9 Å². The number of hydrogen-bond donors (Lipinski definition) is 1. The smallest absolute Gasteiger partial charge is 0.326 e. The SMILES string of the molecule is O=C(O)C1Cc2c(ncn2CCc2ccccc2)CN1C(=O)Cc1ccccc1. The van der Waals surface area contributed by atoms with E-state index in [0.29, 0.717) is 0 Å². The van der Waals surface area contributed by atoms with Crippen LogP contribution < -0.4 is 0 Å². The molecule has 1 atom stereocenters. The van der Waals surface area contributed by atoms with Gasteiger partial charge in [-0.3, -0.25) is 4.79 Å². The number of aliphatic carboxylic acids is 1. The van der Waals surface area contributed by atoms with Gasteiger partial charge in [0.25, 0.3) is 0 Å². The quantitative estimate of drug-likeness (QED) is 0.703. The van der Waals surface area contributed by atoms with Crippen LogP contribution >= 0.6 is 0 Å². The van der Waals surface area contributed by atoms with Crippen LogP contribution in [0.15, 0.2) is 67.0 Å². The molecule has 0 saturated carbocycles. The summed E-state index contributed by atoms with van der Waals surface area (Å²) in [5.74, 6) is -1.17. The minimum atomic E-state index is -0.979. The van der Waals surface area contributed by atoms with Crippen LogP contribution in [0.25, 0.3) is 0 Å². The van der Waals surface area contributed by atoms with Gasteiger partial charge in [-0.2, -0.15) is 0 Å². The topological polar surface area (TPSA) is 75.4 Å². The first kappa shape index (κ1) is 18.9. The zero-order valence-corrected chi connectivity index (χ0v) is 16.1. The van der Waals surface area contributed by atoms with Crippen molar-refractivity contribution in [3.63, 3.8) is 0 Å². The first-order valence-electron chi connectivity index (χ1n) is 9.75. The number of benzene rings is 2. The van der Waals surface area contributed by atoms with Crippen LogP contribution in [-0.4, -0.2) is 37.5 Å². The van der Waals surface area contributed by atoms with Gasteiger partial charge in [0.15, 0.2) is 0 Å². The normalized spacial score (nSPS) is 15.7. The third kappa shape index (κ3) is 4.21. The van der Waals surface area contributed by atoms with Crippen molar-refractivity contribution in [2.75, 3.05) is 0 Å². The Labute approximate surface area is 169 Å². The van der Waals surface area contributed by atoms with E-state index in [1.54, 1.807) is 6.33 Å². The monoisotopic (exact) mass is 389 g/mol. The molecular weight excluding hydrogens is 366 g/mol. The second-order valence-corrected chi connectivity index (χ2v) is 7.31. The lowest BCUT2D eigenvalue weighted by atomic mass is 10.0. The molecule has 0 bridgehead atoms. The average Bonchev–Trinajstić information content (AvgIpc) is 3.15. The minimum Gasteiger partial charge on any atom is -0.480 e. The van der Waals surface area contributed by atoms with Crippen molar-refractivity contribution in [1.29, 1.82) is 0 Å². The van der Waals surface area contributed by atoms with E-state index < -0.39 is 12.0 Å². The van der Waals surface area contributed by atoms with Crippen LogP contribution in [0.2, 0.25) is 0 Å². The molecule has 1 aliphatic rings. The minimum absolute atomic E-state index is 0.187. The van der Waals surface area contributed by atoms with E-state index in [1.807, 2.05) is 53.1 Å². The molecule has 0 radical (unpaired) electrons. The summed E-state index contributed by atoms with van der Waals surface area (Å²) >= 11 is 0. The van der Waals surface area contributed by atoms with Crippen LogP contribution in [0.3, 0.4) is 0 Å². The maximum absolute atomic E-state index is 12.8. The lowest BCUT2D eigenvalue weighted by Crippen LogP contribution is -2.49. The molecule has 1 N–H and O–H groups in total. The number of rotatable bonds is 6. The van der Waals surface area contributed by atoms with Gasteiger partial charge in [-0.05, 0) is 17.5 Å². The number of carbonyl (C=O) groups is 2. The van der Waals surface area contributed by atoms with Gasteiger partial charge in [0.2, 0.25) is 5.91 Å². The van der Waals surface area contributed by atoms with Gasteiger partial charge in [0.1, 0.15) is 6.04 Å². The Morgan fingerprint density at radius 2 is 1.66 bits per heavy atom. The number of carboxylic acids is 1. The number of aromatic nitrogens is 2. The summed E-state index contributed by atoms with van der Waals surface area (Å²) in [5.41, 5.74) is 3.80. The van der Waals surface area contributed by atoms with E-state index >= 15 is 0 Å². The molecule has 4 rings (SSSR count). The highest BCUT2D eigenvalue weighted by molar-refractivity contribution is 5.85. The fourth-order valence-corrected chi connectivity index (χ4v) is 3.82. The Hall–Kier alpha value is -3.41. The Bertz CT molecular complexity index is 999. The molecule has 1 aliphatic heterocycles. The van der Waals surface area contributed by atoms with Crippen molar-refractivity contribution in [3.05, 3.63) is 89.5 Å². The molecule has 1 amide bonds. The number of aryl methyl sites for hydroxylation is 2. The molecule has 6 heteroatoms. The Morgan fingerprint density at radius 3 is 2.31 bits per heavy atom. The Balaban J connectivity index is 1.51. The zero-order valence-electron chi connectivity index (χ0n) is 16.1. The molecule has 3 aromatic rings. The fourth-order valence-electron chi connectivity index (χ4n) is 3.82. The fraction of sp³-hybridized carbons (Fsp3) is 0.261. The highest BCUT2D eigenvalue weighted by Crippen LogP contribution is 2.24. The summed E-state index contributed by atoms with van der Waals surface area (Å²) in [7, 11) is 0. The van der Waals surface area contributed by atoms with Gasteiger partial charge in [-0.1, -0.05) is 60.7 Å². The molecular formula is C23H23N3O3. The average molecular weight is 389 g/mol.